The number of imidazole rings is 1. The fraction of sp³-hybridized carbons (Fsp3) is 0.115. The summed E-state index contributed by atoms with van der Waals surface area (Å²) >= 11 is 19.8. The molecule has 170 valence electrons. The molecular weight excluding hydrogens is 491 g/mol. The lowest BCUT2D eigenvalue weighted by atomic mass is 9.86. The van der Waals surface area contributed by atoms with Gasteiger partial charge in [-0.3, -0.25) is 4.79 Å². The summed E-state index contributed by atoms with van der Waals surface area (Å²) in [5.74, 6) is 0. The Morgan fingerprint density at radius 1 is 0.912 bits per heavy atom. The number of benzene rings is 2. The molecule has 0 amide bonds. The molecule has 3 aromatic heterocycles. The molecule has 0 saturated carbocycles. The number of rotatable bonds is 4. The van der Waals surface area contributed by atoms with Gasteiger partial charge in [-0.2, -0.15) is 0 Å². The van der Waals surface area contributed by atoms with Gasteiger partial charge in [0.1, 0.15) is 10.0 Å². The minimum atomic E-state index is -1.10. The summed E-state index contributed by atoms with van der Waals surface area (Å²) in [6.07, 6.45) is 5.12. The summed E-state index contributed by atoms with van der Waals surface area (Å²) in [4.78, 5) is 20.2. The second-order valence-electron chi connectivity index (χ2n) is 8.12. The third-order valence-electron chi connectivity index (χ3n) is 6.07. The molecule has 34 heavy (non-hydrogen) atoms. The Labute approximate surface area is 211 Å². The Kier molecular flexibility index (Phi) is 5.72. The second-order valence-corrected chi connectivity index (χ2v) is 9.51. The molecule has 0 aliphatic heterocycles. The van der Waals surface area contributed by atoms with Crippen LogP contribution < -0.4 is 5.56 Å². The van der Waals surface area contributed by atoms with E-state index in [0.29, 0.717) is 10.2 Å². The van der Waals surface area contributed by atoms with Gasteiger partial charge in [-0.25, -0.2) is 9.97 Å². The first-order valence-corrected chi connectivity index (χ1v) is 11.6. The van der Waals surface area contributed by atoms with Crippen LogP contribution >= 0.6 is 34.8 Å². The molecule has 5 aromatic rings. The third kappa shape index (κ3) is 3.70. The smallest absolute Gasteiger partial charge is 0.251 e. The van der Waals surface area contributed by atoms with Gasteiger partial charge in [-0.15, -0.1) is 11.6 Å². The van der Waals surface area contributed by atoms with Crippen LogP contribution in [0.25, 0.3) is 22.0 Å². The van der Waals surface area contributed by atoms with Gasteiger partial charge < -0.3 is 9.13 Å². The standard InChI is InChI=1S/C26H19Cl3N4O/c1-32-15-30-14-23(32)26(29,18-7-9-24(28)31-13-18)17-6-8-22-21(11-17)20(12-25(34)33(22)2)16-4-3-5-19(27)10-16/h3-15H,1-2H3. The minimum absolute atomic E-state index is 0.110. The Bertz CT molecular complexity index is 1590. The van der Waals surface area contributed by atoms with E-state index in [-0.39, 0.29) is 5.56 Å². The van der Waals surface area contributed by atoms with Crippen LogP contribution in [0.5, 0.6) is 0 Å². The summed E-state index contributed by atoms with van der Waals surface area (Å²) in [6, 6.07) is 18.5. The van der Waals surface area contributed by atoms with Crippen LogP contribution in [-0.4, -0.2) is 19.1 Å². The molecule has 1 unspecified atom stereocenters. The summed E-state index contributed by atoms with van der Waals surface area (Å²) < 4.78 is 3.50. The first-order valence-electron chi connectivity index (χ1n) is 10.5. The number of halogens is 3. The molecular formula is C26H19Cl3N4O. The molecule has 0 bridgehead atoms. The third-order valence-corrected chi connectivity index (χ3v) is 7.16. The quantitative estimate of drug-likeness (QED) is 0.215. The molecule has 3 heterocycles. The zero-order valence-electron chi connectivity index (χ0n) is 18.3. The van der Waals surface area contributed by atoms with E-state index in [0.717, 1.165) is 38.9 Å². The largest absolute Gasteiger partial charge is 0.336 e. The van der Waals surface area contributed by atoms with Gasteiger partial charge in [0.05, 0.1) is 23.7 Å². The van der Waals surface area contributed by atoms with Crippen molar-refractivity contribution in [2.75, 3.05) is 0 Å². The zero-order chi connectivity index (χ0) is 24.0. The average Bonchev–Trinajstić information content (AvgIpc) is 3.27. The maximum atomic E-state index is 12.8. The van der Waals surface area contributed by atoms with Gasteiger partial charge in [-0.1, -0.05) is 47.5 Å². The maximum absolute atomic E-state index is 12.8. The Hall–Kier alpha value is -3.12. The monoisotopic (exact) mass is 508 g/mol. The van der Waals surface area contributed by atoms with Crippen LogP contribution in [0.2, 0.25) is 10.2 Å². The van der Waals surface area contributed by atoms with E-state index in [1.54, 1.807) is 48.5 Å². The van der Waals surface area contributed by atoms with E-state index < -0.39 is 4.87 Å². The van der Waals surface area contributed by atoms with Crippen molar-refractivity contribution in [1.82, 2.24) is 19.1 Å². The maximum Gasteiger partial charge on any atom is 0.251 e. The van der Waals surface area contributed by atoms with Crippen molar-refractivity contribution in [2.45, 2.75) is 4.87 Å². The van der Waals surface area contributed by atoms with Crippen molar-refractivity contribution in [3.05, 3.63) is 117 Å². The Morgan fingerprint density at radius 2 is 1.71 bits per heavy atom. The van der Waals surface area contributed by atoms with E-state index in [4.69, 9.17) is 34.8 Å². The molecule has 5 rings (SSSR count). The number of pyridine rings is 2. The molecule has 0 aliphatic carbocycles. The lowest BCUT2D eigenvalue weighted by molar-refractivity contribution is 0.743. The first kappa shape index (κ1) is 22.7. The van der Waals surface area contributed by atoms with Gasteiger partial charge in [0.15, 0.2) is 0 Å². The normalized spacial score (nSPS) is 13.2. The second kappa shape index (κ2) is 8.58. The molecule has 0 saturated heterocycles. The van der Waals surface area contributed by atoms with Gasteiger partial charge in [0.2, 0.25) is 0 Å². The molecule has 8 heteroatoms. The number of hydrogen-bond donors (Lipinski definition) is 0. The van der Waals surface area contributed by atoms with Gasteiger partial charge in [0, 0.05) is 42.3 Å². The average molecular weight is 510 g/mol. The van der Waals surface area contributed by atoms with Gasteiger partial charge in [-0.05, 0) is 47.0 Å². The van der Waals surface area contributed by atoms with Crippen molar-refractivity contribution < 1.29 is 0 Å². The lowest BCUT2D eigenvalue weighted by Gasteiger charge is -2.29. The topological polar surface area (TPSA) is 52.7 Å². The minimum Gasteiger partial charge on any atom is -0.336 e. The van der Waals surface area contributed by atoms with Crippen LogP contribution in [0, 0.1) is 0 Å². The molecule has 0 fully saturated rings. The molecule has 0 N–H and O–H groups in total. The van der Waals surface area contributed by atoms with E-state index in [1.165, 1.54) is 0 Å². The predicted octanol–water partition coefficient (Wildman–Crippen LogP) is 6.17. The number of fused-ring (bicyclic) bond motifs is 1. The van der Waals surface area contributed by atoms with Crippen LogP contribution in [-0.2, 0) is 19.0 Å². The van der Waals surface area contributed by atoms with Crippen molar-refractivity contribution in [3.8, 4) is 11.1 Å². The van der Waals surface area contributed by atoms with E-state index >= 15 is 0 Å². The number of alkyl halides is 1. The van der Waals surface area contributed by atoms with Crippen molar-refractivity contribution in [3.63, 3.8) is 0 Å². The summed E-state index contributed by atoms with van der Waals surface area (Å²) in [5, 5.41) is 1.84. The van der Waals surface area contributed by atoms with Crippen LogP contribution in [0.15, 0.2) is 84.2 Å². The van der Waals surface area contributed by atoms with Gasteiger partial charge >= 0.3 is 0 Å². The van der Waals surface area contributed by atoms with Crippen molar-refractivity contribution >= 4 is 45.7 Å². The lowest BCUT2D eigenvalue weighted by Crippen LogP contribution is -2.25. The molecule has 0 aliphatic rings. The summed E-state index contributed by atoms with van der Waals surface area (Å²) in [6.45, 7) is 0. The van der Waals surface area contributed by atoms with E-state index in [1.807, 2.05) is 54.1 Å². The van der Waals surface area contributed by atoms with Crippen LogP contribution in [0.1, 0.15) is 16.8 Å². The number of nitrogens with zero attached hydrogens (tertiary/aromatic N) is 4. The summed E-state index contributed by atoms with van der Waals surface area (Å²) in [7, 11) is 3.65. The molecule has 0 spiro atoms. The zero-order valence-corrected chi connectivity index (χ0v) is 20.6. The molecule has 5 nitrogen and oxygen atoms in total. The molecule has 2 aromatic carbocycles. The highest BCUT2D eigenvalue weighted by molar-refractivity contribution is 6.31. The highest BCUT2D eigenvalue weighted by atomic mass is 35.5. The highest BCUT2D eigenvalue weighted by Gasteiger charge is 2.37. The van der Waals surface area contributed by atoms with Crippen molar-refractivity contribution in [1.29, 1.82) is 0 Å². The first-order chi connectivity index (χ1) is 16.3. The molecule has 0 radical (unpaired) electrons. The number of aryl methyl sites for hydroxylation is 2. The number of aromatic nitrogens is 4. The number of hydrogen-bond acceptors (Lipinski definition) is 3. The van der Waals surface area contributed by atoms with Crippen LogP contribution in [0.3, 0.4) is 0 Å². The highest BCUT2D eigenvalue weighted by Crippen LogP contribution is 2.44. The van der Waals surface area contributed by atoms with Gasteiger partial charge in [0.25, 0.3) is 5.56 Å². The van der Waals surface area contributed by atoms with Crippen molar-refractivity contribution in [2.24, 2.45) is 14.1 Å². The molecule has 1 atom stereocenters. The fourth-order valence-electron chi connectivity index (χ4n) is 4.30. The summed E-state index contributed by atoms with van der Waals surface area (Å²) in [5.41, 5.74) is 4.62. The Morgan fingerprint density at radius 3 is 2.38 bits per heavy atom. The SMILES string of the molecule is Cn1cncc1C(Cl)(c1ccc(Cl)nc1)c1ccc2c(c1)c(-c1cccc(Cl)c1)cc(=O)n2C. The van der Waals surface area contributed by atoms with Crippen LogP contribution in [0.4, 0.5) is 0 Å². The van der Waals surface area contributed by atoms with E-state index in [9.17, 15) is 4.79 Å². The fourth-order valence-corrected chi connectivity index (χ4v) is 5.01. The Balaban J connectivity index is 1.84. The van der Waals surface area contributed by atoms with E-state index in [2.05, 4.69) is 9.97 Å². The predicted molar refractivity (Wildman–Crippen MR) is 138 cm³/mol.